The molecule has 0 aliphatic heterocycles. The van der Waals surface area contributed by atoms with E-state index in [1.54, 1.807) is 6.92 Å². The number of H-pyrrole nitrogens is 1. The first-order valence-electron chi connectivity index (χ1n) is 6.86. The number of carbonyl (C=O) groups excluding carboxylic acids is 1. The molecule has 0 fully saturated rings. The third-order valence-electron chi connectivity index (χ3n) is 3.47. The topological polar surface area (TPSA) is 108 Å². The van der Waals surface area contributed by atoms with Gasteiger partial charge in [0.15, 0.2) is 0 Å². The monoisotopic (exact) mass is 289 g/mol. The van der Waals surface area contributed by atoms with E-state index in [0.717, 1.165) is 16.5 Å². The lowest BCUT2D eigenvalue weighted by molar-refractivity contribution is -0.142. The second kappa shape index (κ2) is 6.41. The summed E-state index contributed by atoms with van der Waals surface area (Å²) in [4.78, 5) is 26.0. The van der Waals surface area contributed by atoms with E-state index in [4.69, 9.17) is 10.8 Å². The van der Waals surface area contributed by atoms with Crippen LogP contribution >= 0.6 is 0 Å². The van der Waals surface area contributed by atoms with E-state index < -0.39 is 24.0 Å². The van der Waals surface area contributed by atoms with E-state index in [1.807, 2.05) is 30.5 Å². The Hall–Kier alpha value is -2.34. The summed E-state index contributed by atoms with van der Waals surface area (Å²) < 4.78 is 0. The smallest absolute Gasteiger partial charge is 0.326 e. The van der Waals surface area contributed by atoms with Crippen LogP contribution in [-0.4, -0.2) is 34.1 Å². The first-order valence-corrected chi connectivity index (χ1v) is 6.86. The van der Waals surface area contributed by atoms with Crippen molar-refractivity contribution < 1.29 is 14.7 Å². The summed E-state index contributed by atoms with van der Waals surface area (Å²) in [5.41, 5.74) is 7.81. The number of carboxylic acids is 1. The van der Waals surface area contributed by atoms with Crippen LogP contribution in [0.1, 0.15) is 18.9 Å². The molecule has 0 bridgehead atoms. The quantitative estimate of drug-likeness (QED) is 0.636. The average Bonchev–Trinajstić information content (AvgIpc) is 2.87. The second-order valence-corrected chi connectivity index (χ2v) is 4.98. The number of aliphatic carboxylic acids is 1. The lowest BCUT2D eigenvalue weighted by atomic mass is 10.0. The number of hydrogen-bond acceptors (Lipinski definition) is 3. The third kappa shape index (κ3) is 3.41. The summed E-state index contributed by atoms with van der Waals surface area (Å²) in [6, 6.07) is 6.07. The number of hydrogen-bond donors (Lipinski definition) is 4. The van der Waals surface area contributed by atoms with E-state index in [0.29, 0.717) is 12.8 Å². The van der Waals surface area contributed by atoms with Gasteiger partial charge in [-0.15, -0.1) is 0 Å². The number of fused-ring (bicyclic) bond motifs is 1. The maximum atomic E-state index is 12.0. The Balaban J connectivity index is 2.05. The zero-order valence-corrected chi connectivity index (χ0v) is 11.8. The van der Waals surface area contributed by atoms with Gasteiger partial charge in [-0.2, -0.15) is 0 Å². The SMILES string of the molecule is CCC(NC(=O)C(N)Cc1c[nH]c2ccccc12)C(=O)O. The largest absolute Gasteiger partial charge is 0.480 e. The van der Waals surface area contributed by atoms with Crippen LogP contribution in [0.25, 0.3) is 10.9 Å². The van der Waals surface area contributed by atoms with Crippen molar-refractivity contribution in [1.82, 2.24) is 10.3 Å². The van der Waals surface area contributed by atoms with E-state index in [-0.39, 0.29) is 0 Å². The van der Waals surface area contributed by atoms with Crippen molar-refractivity contribution in [2.75, 3.05) is 0 Å². The molecule has 21 heavy (non-hydrogen) atoms. The molecule has 2 unspecified atom stereocenters. The van der Waals surface area contributed by atoms with Gasteiger partial charge in [-0.3, -0.25) is 4.79 Å². The fourth-order valence-corrected chi connectivity index (χ4v) is 2.25. The van der Waals surface area contributed by atoms with Crippen molar-refractivity contribution in [3.63, 3.8) is 0 Å². The molecule has 1 amide bonds. The molecule has 112 valence electrons. The number of rotatable bonds is 6. The van der Waals surface area contributed by atoms with Crippen LogP contribution in [-0.2, 0) is 16.0 Å². The summed E-state index contributed by atoms with van der Waals surface area (Å²) in [5, 5.41) is 12.4. The molecule has 6 heteroatoms. The summed E-state index contributed by atoms with van der Waals surface area (Å²) in [6.45, 7) is 1.70. The highest BCUT2D eigenvalue weighted by molar-refractivity contribution is 5.88. The lowest BCUT2D eigenvalue weighted by Crippen LogP contribution is -2.48. The van der Waals surface area contributed by atoms with Crippen LogP contribution in [0.4, 0.5) is 0 Å². The first-order chi connectivity index (χ1) is 10.0. The average molecular weight is 289 g/mol. The van der Waals surface area contributed by atoms with Crippen LogP contribution in [0.3, 0.4) is 0 Å². The molecular formula is C15H19N3O3. The standard InChI is InChI=1S/C15H19N3O3/c1-2-12(15(20)21)18-14(19)11(16)7-9-8-17-13-6-4-3-5-10(9)13/h3-6,8,11-12,17H,2,7,16H2,1H3,(H,18,19)(H,20,21). The van der Waals surface area contributed by atoms with E-state index in [9.17, 15) is 9.59 Å². The number of amides is 1. The minimum absolute atomic E-state index is 0.320. The fourth-order valence-electron chi connectivity index (χ4n) is 2.25. The van der Waals surface area contributed by atoms with Gasteiger partial charge in [-0.25, -0.2) is 4.79 Å². The maximum Gasteiger partial charge on any atom is 0.326 e. The number of carboxylic acid groups (broad SMARTS) is 1. The van der Waals surface area contributed by atoms with Crippen molar-refractivity contribution >= 4 is 22.8 Å². The molecule has 2 atom stereocenters. The predicted molar refractivity (Wildman–Crippen MR) is 79.8 cm³/mol. The summed E-state index contributed by atoms with van der Waals surface area (Å²) in [6.07, 6.45) is 2.50. The molecule has 5 N–H and O–H groups in total. The zero-order chi connectivity index (χ0) is 15.4. The third-order valence-corrected chi connectivity index (χ3v) is 3.47. The number of nitrogens with one attached hydrogen (secondary N) is 2. The van der Waals surface area contributed by atoms with Gasteiger partial charge in [-0.1, -0.05) is 25.1 Å². The predicted octanol–water partition coefficient (Wildman–Crippen LogP) is 1.02. The Bertz CT molecular complexity index is 650. The molecule has 1 aromatic carbocycles. The maximum absolute atomic E-state index is 12.0. The molecule has 2 aromatic rings. The molecule has 0 aliphatic carbocycles. The van der Waals surface area contributed by atoms with Gasteiger partial charge >= 0.3 is 5.97 Å². The molecule has 0 spiro atoms. The van der Waals surface area contributed by atoms with Gasteiger partial charge in [0.05, 0.1) is 6.04 Å². The number of aromatic amines is 1. The summed E-state index contributed by atoms with van der Waals surface area (Å²) in [5.74, 6) is -1.50. The molecule has 6 nitrogen and oxygen atoms in total. The zero-order valence-electron chi connectivity index (χ0n) is 11.8. The number of benzene rings is 1. The van der Waals surface area contributed by atoms with E-state index in [2.05, 4.69) is 10.3 Å². The van der Waals surface area contributed by atoms with Crippen LogP contribution in [0, 0.1) is 0 Å². The minimum atomic E-state index is -1.05. The number of aromatic nitrogens is 1. The van der Waals surface area contributed by atoms with Crippen molar-refractivity contribution in [3.8, 4) is 0 Å². The number of nitrogens with two attached hydrogens (primary N) is 1. The first kappa shape index (κ1) is 15.1. The highest BCUT2D eigenvalue weighted by atomic mass is 16.4. The van der Waals surface area contributed by atoms with E-state index in [1.165, 1.54) is 0 Å². The van der Waals surface area contributed by atoms with Gasteiger partial charge in [0.1, 0.15) is 6.04 Å². The van der Waals surface area contributed by atoms with Gasteiger partial charge in [-0.05, 0) is 24.5 Å². The Morgan fingerprint density at radius 1 is 1.38 bits per heavy atom. The minimum Gasteiger partial charge on any atom is -0.480 e. The Kier molecular flexibility index (Phi) is 4.59. The molecule has 1 heterocycles. The second-order valence-electron chi connectivity index (χ2n) is 4.98. The Labute approximate surface area is 122 Å². The fraction of sp³-hybridized carbons (Fsp3) is 0.333. The Morgan fingerprint density at radius 3 is 2.76 bits per heavy atom. The normalized spacial score (nSPS) is 13.8. The molecule has 1 aromatic heterocycles. The number of carbonyl (C=O) groups is 2. The van der Waals surface area contributed by atoms with E-state index >= 15 is 0 Å². The van der Waals surface area contributed by atoms with Crippen molar-refractivity contribution in [1.29, 1.82) is 0 Å². The molecule has 2 rings (SSSR count). The van der Waals surface area contributed by atoms with Crippen molar-refractivity contribution in [3.05, 3.63) is 36.0 Å². The van der Waals surface area contributed by atoms with Crippen LogP contribution < -0.4 is 11.1 Å². The summed E-state index contributed by atoms with van der Waals surface area (Å²) in [7, 11) is 0. The van der Waals surface area contributed by atoms with Crippen molar-refractivity contribution in [2.24, 2.45) is 5.73 Å². The van der Waals surface area contributed by atoms with Crippen LogP contribution in [0.15, 0.2) is 30.5 Å². The molecule has 0 saturated carbocycles. The molecule has 0 saturated heterocycles. The number of para-hydroxylation sites is 1. The summed E-state index contributed by atoms with van der Waals surface area (Å²) >= 11 is 0. The molecule has 0 radical (unpaired) electrons. The molecule has 0 aliphatic rings. The highest BCUT2D eigenvalue weighted by Gasteiger charge is 2.22. The van der Waals surface area contributed by atoms with Crippen molar-refractivity contribution in [2.45, 2.75) is 31.8 Å². The van der Waals surface area contributed by atoms with Gasteiger partial charge in [0.2, 0.25) is 5.91 Å². The lowest BCUT2D eigenvalue weighted by Gasteiger charge is -2.16. The molecular weight excluding hydrogens is 270 g/mol. The van der Waals surface area contributed by atoms with Crippen LogP contribution in [0.2, 0.25) is 0 Å². The van der Waals surface area contributed by atoms with Gasteiger partial charge in [0.25, 0.3) is 0 Å². The Morgan fingerprint density at radius 2 is 2.10 bits per heavy atom. The van der Waals surface area contributed by atoms with Gasteiger partial charge < -0.3 is 21.1 Å². The van der Waals surface area contributed by atoms with Crippen LogP contribution in [0.5, 0.6) is 0 Å². The van der Waals surface area contributed by atoms with Gasteiger partial charge in [0, 0.05) is 17.1 Å². The highest BCUT2D eigenvalue weighted by Crippen LogP contribution is 2.18.